The van der Waals surface area contributed by atoms with Gasteiger partial charge >= 0.3 is 0 Å². The first kappa shape index (κ1) is 19.0. The van der Waals surface area contributed by atoms with Crippen LogP contribution in [0.2, 0.25) is 0 Å². The number of nitrogens with one attached hydrogen (secondary N) is 2. The lowest BCUT2D eigenvalue weighted by atomic mass is 9.95. The highest BCUT2D eigenvalue weighted by atomic mass is 32.2. The highest BCUT2D eigenvalue weighted by Crippen LogP contribution is 2.33. The number of morpholine rings is 1. The average Bonchev–Trinajstić information content (AvgIpc) is 3.33. The second-order valence-corrected chi connectivity index (χ2v) is 8.99. The predicted octanol–water partition coefficient (Wildman–Crippen LogP) is 2.18. The van der Waals surface area contributed by atoms with Crippen LogP contribution in [0.1, 0.15) is 23.1 Å². The summed E-state index contributed by atoms with van der Waals surface area (Å²) in [6.07, 6.45) is 2.35. The van der Waals surface area contributed by atoms with Gasteiger partial charge in [0.05, 0.1) is 19.8 Å². The second kappa shape index (κ2) is 9.26. The lowest BCUT2D eigenvalue weighted by Gasteiger charge is -2.43. The van der Waals surface area contributed by atoms with E-state index in [-0.39, 0.29) is 5.54 Å². The second-order valence-electron chi connectivity index (χ2n) is 6.63. The molecule has 1 aromatic heterocycles. The van der Waals surface area contributed by atoms with Crippen molar-refractivity contribution < 1.29 is 4.74 Å². The third-order valence-corrected chi connectivity index (χ3v) is 7.53. The van der Waals surface area contributed by atoms with Gasteiger partial charge in [0.2, 0.25) is 0 Å². The van der Waals surface area contributed by atoms with E-state index >= 15 is 0 Å². The minimum atomic E-state index is 0.240. The Morgan fingerprint density at radius 2 is 2.08 bits per heavy atom. The Labute approximate surface area is 159 Å². The van der Waals surface area contributed by atoms with Gasteiger partial charge in [0, 0.05) is 47.7 Å². The summed E-state index contributed by atoms with van der Waals surface area (Å²) in [6, 6.07) is 4.44. The SMILES string of the molecule is CCc1ccc(CNC(=NC)NCC2(N3CCOCC3)CCSC2)s1. The summed E-state index contributed by atoms with van der Waals surface area (Å²) in [4.78, 5) is 9.84. The molecule has 2 aliphatic rings. The summed E-state index contributed by atoms with van der Waals surface area (Å²) in [6.45, 7) is 7.80. The minimum absolute atomic E-state index is 0.240. The van der Waals surface area contributed by atoms with Gasteiger partial charge in [-0.15, -0.1) is 11.3 Å². The van der Waals surface area contributed by atoms with Crippen LogP contribution in [-0.4, -0.2) is 67.8 Å². The molecule has 140 valence electrons. The van der Waals surface area contributed by atoms with Crippen LogP contribution in [0, 0.1) is 0 Å². The maximum Gasteiger partial charge on any atom is 0.191 e. The molecular weight excluding hydrogens is 352 g/mol. The maximum atomic E-state index is 5.55. The summed E-state index contributed by atoms with van der Waals surface area (Å²) in [5, 5.41) is 7.05. The number of hydrogen-bond acceptors (Lipinski definition) is 5. The maximum absolute atomic E-state index is 5.55. The molecule has 2 saturated heterocycles. The molecule has 0 aromatic carbocycles. The summed E-state index contributed by atoms with van der Waals surface area (Å²) >= 11 is 3.95. The lowest BCUT2D eigenvalue weighted by Crippen LogP contribution is -2.60. The number of aliphatic imine (C=N–C) groups is 1. The van der Waals surface area contributed by atoms with Gasteiger partial charge < -0.3 is 15.4 Å². The Bertz CT molecular complexity index is 563. The van der Waals surface area contributed by atoms with Gasteiger partial charge in [0.25, 0.3) is 0 Å². The van der Waals surface area contributed by atoms with E-state index in [1.807, 2.05) is 18.4 Å². The number of thioether (sulfide) groups is 1. The van der Waals surface area contributed by atoms with Gasteiger partial charge in [0.1, 0.15) is 0 Å². The standard InChI is InChI=1S/C18H30N4OS2/c1-3-15-4-5-16(25-15)12-20-17(19-2)21-13-18(6-11-24-14-18)22-7-9-23-10-8-22/h4-5H,3,6-14H2,1-2H3,(H2,19,20,21). The van der Waals surface area contributed by atoms with E-state index < -0.39 is 0 Å². The zero-order valence-corrected chi connectivity index (χ0v) is 17.0. The molecule has 2 fully saturated rings. The van der Waals surface area contributed by atoms with Crippen LogP contribution in [0.4, 0.5) is 0 Å². The molecule has 1 aromatic rings. The Morgan fingerprint density at radius 3 is 2.72 bits per heavy atom. The normalized spacial score (nSPS) is 25.3. The smallest absolute Gasteiger partial charge is 0.191 e. The number of aryl methyl sites for hydroxylation is 1. The van der Waals surface area contributed by atoms with E-state index in [0.717, 1.165) is 51.8 Å². The van der Waals surface area contributed by atoms with Crippen LogP contribution < -0.4 is 10.6 Å². The molecular formula is C18H30N4OS2. The molecule has 2 aliphatic heterocycles. The van der Waals surface area contributed by atoms with Crippen molar-refractivity contribution in [3.63, 3.8) is 0 Å². The molecule has 0 spiro atoms. The number of hydrogen-bond donors (Lipinski definition) is 2. The first-order valence-electron chi connectivity index (χ1n) is 9.18. The lowest BCUT2D eigenvalue weighted by molar-refractivity contribution is -0.0120. The molecule has 1 atom stereocenters. The highest BCUT2D eigenvalue weighted by Gasteiger charge is 2.40. The molecule has 5 nitrogen and oxygen atoms in total. The Kier molecular flexibility index (Phi) is 7.04. The molecule has 1 unspecified atom stereocenters. The fourth-order valence-electron chi connectivity index (χ4n) is 3.48. The summed E-state index contributed by atoms with van der Waals surface area (Å²) in [5.74, 6) is 3.35. The first-order valence-corrected chi connectivity index (χ1v) is 11.2. The van der Waals surface area contributed by atoms with Crippen LogP contribution >= 0.6 is 23.1 Å². The fourth-order valence-corrected chi connectivity index (χ4v) is 5.86. The largest absolute Gasteiger partial charge is 0.379 e. The number of rotatable bonds is 6. The molecule has 0 radical (unpaired) electrons. The van der Waals surface area contributed by atoms with Crippen molar-refractivity contribution in [2.75, 3.05) is 51.4 Å². The third-order valence-electron chi connectivity index (χ3n) is 5.07. The van der Waals surface area contributed by atoms with Crippen molar-refractivity contribution in [1.82, 2.24) is 15.5 Å². The topological polar surface area (TPSA) is 48.9 Å². The van der Waals surface area contributed by atoms with Crippen LogP contribution in [0.15, 0.2) is 17.1 Å². The molecule has 25 heavy (non-hydrogen) atoms. The minimum Gasteiger partial charge on any atom is -0.379 e. The van der Waals surface area contributed by atoms with E-state index in [2.05, 4.69) is 51.3 Å². The predicted molar refractivity (Wildman–Crippen MR) is 109 cm³/mol. The molecule has 0 saturated carbocycles. The summed E-state index contributed by atoms with van der Waals surface area (Å²) < 4.78 is 5.55. The quantitative estimate of drug-likeness (QED) is 0.583. The van der Waals surface area contributed by atoms with Gasteiger partial charge in [0.15, 0.2) is 5.96 Å². The van der Waals surface area contributed by atoms with Gasteiger partial charge in [-0.3, -0.25) is 9.89 Å². The van der Waals surface area contributed by atoms with E-state index in [0.29, 0.717) is 0 Å². The van der Waals surface area contributed by atoms with Gasteiger partial charge in [-0.1, -0.05) is 6.92 Å². The molecule has 0 amide bonds. The summed E-state index contributed by atoms with van der Waals surface area (Å²) in [5.41, 5.74) is 0.240. The molecule has 7 heteroatoms. The fraction of sp³-hybridized carbons (Fsp3) is 0.722. The molecule has 3 rings (SSSR count). The van der Waals surface area contributed by atoms with E-state index in [9.17, 15) is 0 Å². The van der Waals surface area contributed by atoms with Gasteiger partial charge in [-0.25, -0.2) is 0 Å². The van der Waals surface area contributed by atoms with Crippen molar-refractivity contribution in [3.05, 3.63) is 21.9 Å². The third kappa shape index (κ3) is 4.90. The first-order chi connectivity index (χ1) is 12.3. The van der Waals surface area contributed by atoms with Crippen molar-refractivity contribution >= 4 is 29.1 Å². The Hall–Kier alpha value is -0.760. The zero-order chi connectivity index (χ0) is 17.5. The van der Waals surface area contributed by atoms with Crippen molar-refractivity contribution in [3.8, 4) is 0 Å². The van der Waals surface area contributed by atoms with Crippen molar-refractivity contribution in [1.29, 1.82) is 0 Å². The average molecular weight is 383 g/mol. The zero-order valence-electron chi connectivity index (χ0n) is 15.3. The van der Waals surface area contributed by atoms with Gasteiger partial charge in [-0.05, 0) is 30.7 Å². The molecule has 0 aliphatic carbocycles. The van der Waals surface area contributed by atoms with Crippen LogP contribution in [0.5, 0.6) is 0 Å². The van der Waals surface area contributed by atoms with Crippen molar-refractivity contribution in [2.24, 2.45) is 4.99 Å². The highest BCUT2D eigenvalue weighted by molar-refractivity contribution is 7.99. The number of ether oxygens (including phenoxy) is 1. The van der Waals surface area contributed by atoms with E-state index in [4.69, 9.17) is 4.74 Å². The monoisotopic (exact) mass is 382 g/mol. The van der Waals surface area contributed by atoms with E-state index in [1.165, 1.54) is 27.7 Å². The number of guanidine groups is 1. The van der Waals surface area contributed by atoms with Gasteiger partial charge in [-0.2, -0.15) is 11.8 Å². The molecule has 3 heterocycles. The van der Waals surface area contributed by atoms with Crippen LogP contribution in [0.3, 0.4) is 0 Å². The Morgan fingerprint density at radius 1 is 1.28 bits per heavy atom. The van der Waals surface area contributed by atoms with E-state index in [1.54, 1.807) is 0 Å². The van der Waals surface area contributed by atoms with Crippen LogP contribution in [-0.2, 0) is 17.7 Å². The summed E-state index contributed by atoms with van der Waals surface area (Å²) in [7, 11) is 1.85. The van der Waals surface area contributed by atoms with Crippen LogP contribution in [0.25, 0.3) is 0 Å². The molecule has 0 bridgehead atoms. The van der Waals surface area contributed by atoms with Crippen molar-refractivity contribution in [2.45, 2.75) is 31.8 Å². The number of nitrogens with zero attached hydrogens (tertiary/aromatic N) is 2. The Balaban J connectivity index is 1.53. The molecule has 2 N–H and O–H groups in total. The number of thiophene rings is 1.